The van der Waals surface area contributed by atoms with Crippen LogP contribution in [0.5, 0.6) is 0 Å². The van der Waals surface area contributed by atoms with Crippen molar-refractivity contribution in [2.45, 2.75) is 82.8 Å². The number of piperidine rings is 1. The molecule has 2 atom stereocenters. The van der Waals surface area contributed by atoms with Gasteiger partial charge in [-0.1, -0.05) is 26.2 Å². The molecule has 2 heterocycles. The van der Waals surface area contributed by atoms with Crippen molar-refractivity contribution in [2.24, 2.45) is 5.41 Å². The van der Waals surface area contributed by atoms with Crippen LogP contribution in [0.25, 0.3) is 0 Å². The van der Waals surface area contributed by atoms with E-state index < -0.39 is 0 Å². The van der Waals surface area contributed by atoms with E-state index in [1.165, 1.54) is 64.3 Å². The monoisotopic (exact) mass is 250 g/mol. The van der Waals surface area contributed by atoms with Gasteiger partial charge < -0.3 is 10.2 Å². The average Bonchev–Trinajstić information content (AvgIpc) is 2.61. The van der Waals surface area contributed by atoms with Gasteiger partial charge in [-0.3, -0.25) is 0 Å². The molecule has 18 heavy (non-hydrogen) atoms. The topological polar surface area (TPSA) is 15.3 Å². The van der Waals surface area contributed by atoms with Crippen LogP contribution in [0.4, 0.5) is 0 Å². The Labute approximate surface area is 113 Å². The Morgan fingerprint density at radius 2 is 1.67 bits per heavy atom. The Kier molecular flexibility index (Phi) is 3.68. The van der Waals surface area contributed by atoms with Crippen LogP contribution in [0.15, 0.2) is 0 Å². The highest BCUT2D eigenvalue weighted by molar-refractivity contribution is 4.96. The van der Waals surface area contributed by atoms with E-state index in [4.69, 9.17) is 0 Å². The molecule has 0 amide bonds. The van der Waals surface area contributed by atoms with Gasteiger partial charge in [0, 0.05) is 24.7 Å². The molecule has 2 saturated heterocycles. The summed E-state index contributed by atoms with van der Waals surface area (Å²) in [7, 11) is 2.33. The van der Waals surface area contributed by atoms with Crippen LogP contribution >= 0.6 is 0 Å². The maximum Gasteiger partial charge on any atom is 0.0111 e. The lowest BCUT2D eigenvalue weighted by atomic mass is 9.75. The molecular weight excluding hydrogens is 220 g/mol. The predicted molar refractivity (Wildman–Crippen MR) is 76.8 cm³/mol. The first-order chi connectivity index (χ1) is 8.66. The zero-order valence-corrected chi connectivity index (χ0v) is 12.3. The first-order valence-electron chi connectivity index (χ1n) is 8.12. The molecule has 3 fully saturated rings. The van der Waals surface area contributed by atoms with Gasteiger partial charge in [0.25, 0.3) is 0 Å². The quantitative estimate of drug-likeness (QED) is 0.827. The molecule has 3 aliphatic rings. The molecule has 2 nitrogen and oxygen atoms in total. The minimum Gasteiger partial charge on any atom is -0.313 e. The molecular formula is C16H30N2. The molecule has 0 aromatic heterocycles. The van der Waals surface area contributed by atoms with Crippen LogP contribution in [0.3, 0.4) is 0 Å². The van der Waals surface area contributed by atoms with E-state index in [0.29, 0.717) is 5.41 Å². The van der Waals surface area contributed by atoms with E-state index in [1.54, 1.807) is 0 Å². The van der Waals surface area contributed by atoms with Crippen molar-refractivity contribution in [3.63, 3.8) is 0 Å². The fourth-order valence-corrected chi connectivity index (χ4v) is 4.55. The Hall–Kier alpha value is -0.0800. The van der Waals surface area contributed by atoms with E-state index in [2.05, 4.69) is 24.2 Å². The van der Waals surface area contributed by atoms with E-state index >= 15 is 0 Å². The summed E-state index contributed by atoms with van der Waals surface area (Å²) < 4.78 is 0. The van der Waals surface area contributed by atoms with E-state index in [1.807, 2.05) is 0 Å². The molecule has 0 spiro atoms. The number of nitrogens with one attached hydrogen (secondary N) is 1. The van der Waals surface area contributed by atoms with Crippen molar-refractivity contribution in [1.82, 2.24) is 10.2 Å². The molecule has 2 unspecified atom stereocenters. The molecule has 0 aromatic carbocycles. The number of fused-ring (bicyclic) bond motifs is 2. The van der Waals surface area contributed by atoms with E-state index in [9.17, 15) is 0 Å². The molecule has 3 rings (SSSR count). The van der Waals surface area contributed by atoms with Gasteiger partial charge in [0.15, 0.2) is 0 Å². The summed E-state index contributed by atoms with van der Waals surface area (Å²) in [6.07, 6.45) is 12.9. The number of nitrogens with zero attached hydrogens (tertiary/aromatic N) is 1. The molecule has 2 bridgehead atoms. The van der Waals surface area contributed by atoms with Crippen LogP contribution < -0.4 is 5.32 Å². The first kappa shape index (κ1) is 12.9. The van der Waals surface area contributed by atoms with Gasteiger partial charge >= 0.3 is 0 Å². The Morgan fingerprint density at radius 3 is 2.28 bits per heavy atom. The Bertz CT molecular complexity index is 269. The van der Waals surface area contributed by atoms with Gasteiger partial charge in [0.1, 0.15) is 0 Å². The minimum absolute atomic E-state index is 0.598. The van der Waals surface area contributed by atoms with Crippen LogP contribution in [-0.4, -0.2) is 36.6 Å². The second-order valence-corrected chi connectivity index (χ2v) is 7.47. The third-order valence-electron chi connectivity index (χ3n) is 5.98. The van der Waals surface area contributed by atoms with Gasteiger partial charge in [-0.05, 0) is 51.0 Å². The third kappa shape index (κ3) is 2.60. The largest absolute Gasteiger partial charge is 0.313 e. The summed E-state index contributed by atoms with van der Waals surface area (Å²) >= 11 is 0. The molecule has 104 valence electrons. The van der Waals surface area contributed by atoms with Crippen LogP contribution in [0.1, 0.15) is 64.7 Å². The van der Waals surface area contributed by atoms with Crippen molar-refractivity contribution in [3.05, 3.63) is 0 Å². The minimum atomic E-state index is 0.598. The molecule has 1 saturated carbocycles. The Balaban J connectivity index is 1.49. The Morgan fingerprint density at radius 1 is 1.06 bits per heavy atom. The molecule has 1 N–H and O–H groups in total. The number of hydrogen-bond donors (Lipinski definition) is 1. The summed E-state index contributed by atoms with van der Waals surface area (Å²) in [6.45, 7) is 3.77. The standard InChI is InChI=1S/C16H30N2/c1-16(8-4-3-5-9-16)12-17-13-10-14-6-7-15(11-13)18(14)2/h13-15,17H,3-12H2,1-2H3. The maximum absolute atomic E-state index is 3.93. The first-order valence-corrected chi connectivity index (χ1v) is 8.12. The summed E-state index contributed by atoms with van der Waals surface area (Å²) in [6, 6.07) is 2.55. The fourth-order valence-electron chi connectivity index (χ4n) is 4.55. The van der Waals surface area contributed by atoms with Crippen LogP contribution in [0.2, 0.25) is 0 Å². The predicted octanol–water partition coefficient (Wildman–Crippen LogP) is 3.17. The zero-order chi connectivity index (χ0) is 12.6. The van der Waals surface area contributed by atoms with Gasteiger partial charge in [-0.2, -0.15) is 0 Å². The zero-order valence-electron chi connectivity index (χ0n) is 12.3. The third-order valence-corrected chi connectivity index (χ3v) is 5.98. The highest BCUT2D eigenvalue weighted by Crippen LogP contribution is 2.37. The summed E-state index contributed by atoms with van der Waals surface area (Å²) in [5.41, 5.74) is 0.598. The lowest BCUT2D eigenvalue weighted by Crippen LogP contribution is -2.49. The van der Waals surface area contributed by atoms with Gasteiger partial charge in [-0.15, -0.1) is 0 Å². The number of hydrogen-bond acceptors (Lipinski definition) is 2. The normalized spacial score (nSPS) is 40.0. The van der Waals surface area contributed by atoms with Crippen molar-refractivity contribution in [2.75, 3.05) is 13.6 Å². The van der Waals surface area contributed by atoms with Gasteiger partial charge in [0.2, 0.25) is 0 Å². The number of rotatable bonds is 3. The van der Waals surface area contributed by atoms with Gasteiger partial charge in [0.05, 0.1) is 0 Å². The lowest BCUT2D eigenvalue weighted by molar-refractivity contribution is 0.132. The molecule has 0 radical (unpaired) electrons. The second-order valence-electron chi connectivity index (χ2n) is 7.47. The SMILES string of the molecule is CN1C2CCC1CC(NCC1(C)CCCCC1)C2. The van der Waals surface area contributed by atoms with Crippen molar-refractivity contribution >= 4 is 0 Å². The molecule has 2 aliphatic heterocycles. The van der Waals surface area contributed by atoms with Crippen molar-refractivity contribution < 1.29 is 0 Å². The summed E-state index contributed by atoms with van der Waals surface area (Å²) in [5, 5.41) is 3.93. The van der Waals surface area contributed by atoms with Crippen molar-refractivity contribution in [3.8, 4) is 0 Å². The maximum atomic E-state index is 3.93. The smallest absolute Gasteiger partial charge is 0.0111 e. The van der Waals surface area contributed by atoms with E-state index in [0.717, 1.165) is 18.1 Å². The van der Waals surface area contributed by atoms with Crippen molar-refractivity contribution in [1.29, 1.82) is 0 Å². The van der Waals surface area contributed by atoms with E-state index in [-0.39, 0.29) is 0 Å². The lowest BCUT2D eigenvalue weighted by Gasteiger charge is -2.40. The molecule has 0 aromatic rings. The average molecular weight is 250 g/mol. The fraction of sp³-hybridized carbons (Fsp3) is 1.00. The molecule has 1 aliphatic carbocycles. The molecule has 2 heteroatoms. The van der Waals surface area contributed by atoms with Crippen LogP contribution in [0, 0.1) is 5.41 Å². The van der Waals surface area contributed by atoms with Gasteiger partial charge in [-0.25, -0.2) is 0 Å². The summed E-state index contributed by atoms with van der Waals surface area (Å²) in [5.74, 6) is 0. The summed E-state index contributed by atoms with van der Waals surface area (Å²) in [4.78, 5) is 2.64. The second kappa shape index (κ2) is 5.13. The van der Waals surface area contributed by atoms with Crippen LogP contribution in [-0.2, 0) is 0 Å². The highest BCUT2D eigenvalue weighted by atomic mass is 15.2. The highest BCUT2D eigenvalue weighted by Gasteiger charge is 2.38.